The molecule has 1 aromatic carbocycles. The molecule has 3 nitrogen and oxygen atoms in total. The van der Waals surface area contributed by atoms with Crippen LogP contribution in [-0.4, -0.2) is 18.1 Å². The molecule has 0 radical (unpaired) electrons. The summed E-state index contributed by atoms with van der Waals surface area (Å²) in [6, 6.07) is 6.57. The predicted molar refractivity (Wildman–Crippen MR) is 63.1 cm³/mol. The standard InChI is InChI=1S/C11H7Cl2NO2/c1-16-11(15)9-5-2-6-7(12)3-4-8(13)10(6)14-9/h2-5H,1H3. The summed E-state index contributed by atoms with van der Waals surface area (Å²) >= 11 is 12.0. The number of hydrogen-bond donors (Lipinski definition) is 0. The zero-order valence-corrected chi connectivity index (χ0v) is 9.84. The number of pyridine rings is 1. The van der Waals surface area contributed by atoms with Gasteiger partial charge in [-0.1, -0.05) is 23.2 Å². The maximum absolute atomic E-state index is 11.3. The van der Waals surface area contributed by atoms with Crippen LogP contribution in [0.3, 0.4) is 0 Å². The number of ether oxygens (including phenoxy) is 1. The second-order valence-corrected chi connectivity index (χ2v) is 3.93. The highest BCUT2D eigenvalue weighted by molar-refractivity contribution is 6.39. The van der Waals surface area contributed by atoms with Crippen LogP contribution in [0.15, 0.2) is 24.3 Å². The SMILES string of the molecule is COC(=O)c1ccc2c(Cl)ccc(Cl)c2n1. The first-order chi connectivity index (χ1) is 7.63. The summed E-state index contributed by atoms with van der Waals surface area (Å²) in [4.78, 5) is 15.4. The van der Waals surface area contributed by atoms with Gasteiger partial charge in [0, 0.05) is 5.39 Å². The number of esters is 1. The van der Waals surface area contributed by atoms with Gasteiger partial charge in [0.05, 0.1) is 22.7 Å². The van der Waals surface area contributed by atoms with Gasteiger partial charge in [0.1, 0.15) is 5.69 Å². The Labute approximate surface area is 102 Å². The topological polar surface area (TPSA) is 39.2 Å². The largest absolute Gasteiger partial charge is 0.464 e. The molecule has 5 heteroatoms. The molecule has 82 valence electrons. The van der Waals surface area contributed by atoms with Crippen LogP contribution in [0.25, 0.3) is 10.9 Å². The van der Waals surface area contributed by atoms with E-state index in [4.69, 9.17) is 23.2 Å². The second-order valence-electron chi connectivity index (χ2n) is 3.11. The molecule has 0 spiro atoms. The van der Waals surface area contributed by atoms with Gasteiger partial charge < -0.3 is 4.74 Å². The van der Waals surface area contributed by atoms with Gasteiger partial charge in [-0.2, -0.15) is 0 Å². The average Bonchev–Trinajstić information content (AvgIpc) is 2.32. The van der Waals surface area contributed by atoms with Crippen LogP contribution in [0.2, 0.25) is 10.0 Å². The molecule has 0 N–H and O–H groups in total. The molecule has 16 heavy (non-hydrogen) atoms. The van der Waals surface area contributed by atoms with Gasteiger partial charge in [-0.25, -0.2) is 9.78 Å². The van der Waals surface area contributed by atoms with Crippen LogP contribution < -0.4 is 0 Å². The summed E-state index contributed by atoms with van der Waals surface area (Å²) in [5.41, 5.74) is 0.705. The Morgan fingerprint density at radius 3 is 2.56 bits per heavy atom. The van der Waals surface area contributed by atoms with E-state index in [1.165, 1.54) is 7.11 Å². The van der Waals surface area contributed by atoms with E-state index in [2.05, 4.69) is 9.72 Å². The molecule has 0 aliphatic carbocycles. The number of methoxy groups -OCH3 is 1. The average molecular weight is 256 g/mol. The molecule has 0 unspecified atom stereocenters. The van der Waals surface area contributed by atoms with Crippen molar-refractivity contribution >= 4 is 40.1 Å². The van der Waals surface area contributed by atoms with Crippen LogP contribution in [0.4, 0.5) is 0 Å². The molecule has 0 saturated heterocycles. The van der Waals surface area contributed by atoms with E-state index in [0.29, 0.717) is 20.9 Å². The summed E-state index contributed by atoms with van der Waals surface area (Å²) < 4.78 is 4.58. The Bertz CT molecular complexity index is 569. The second kappa shape index (κ2) is 4.28. The lowest BCUT2D eigenvalue weighted by molar-refractivity contribution is 0.0594. The normalized spacial score (nSPS) is 10.4. The van der Waals surface area contributed by atoms with Crippen molar-refractivity contribution in [1.29, 1.82) is 0 Å². The van der Waals surface area contributed by atoms with Gasteiger partial charge in [0.2, 0.25) is 0 Å². The molecular weight excluding hydrogens is 249 g/mol. The van der Waals surface area contributed by atoms with Crippen molar-refractivity contribution in [2.45, 2.75) is 0 Å². The van der Waals surface area contributed by atoms with E-state index in [1.807, 2.05) is 0 Å². The minimum Gasteiger partial charge on any atom is -0.464 e. The maximum Gasteiger partial charge on any atom is 0.356 e. The smallest absolute Gasteiger partial charge is 0.356 e. The van der Waals surface area contributed by atoms with E-state index < -0.39 is 5.97 Å². The number of aromatic nitrogens is 1. The molecule has 0 aliphatic rings. The predicted octanol–water partition coefficient (Wildman–Crippen LogP) is 3.33. The molecule has 0 fully saturated rings. The summed E-state index contributed by atoms with van der Waals surface area (Å²) in [5.74, 6) is -0.502. The van der Waals surface area contributed by atoms with E-state index in [9.17, 15) is 4.79 Å². The lowest BCUT2D eigenvalue weighted by atomic mass is 10.2. The fourth-order valence-corrected chi connectivity index (χ4v) is 1.79. The van der Waals surface area contributed by atoms with Crippen molar-refractivity contribution in [3.8, 4) is 0 Å². The van der Waals surface area contributed by atoms with E-state index in [1.54, 1.807) is 24.3 Å². The monoisotopic (exact) mass is 255 g/mol. The minimum atomic E-state index is -0.502. The molecule has 1 aromatic heterocycles. The highest BCUT2D eigenvalue weighted by Gasteiger charge is 2.11. The fourth-order valence-electron chi connectivity index (χ4n) is 1.37. The van der Waals surface area contributed by atoms with Gasteiger partial charge >= 0.3 is 5.97 Å². The zero-order chi connectivity index (χ0) is 11.7. The Morgan fingerprint density at radius 1 is 1.19 bits per heavy atom. The van der Waals surface area contributed by atoms with Crippen LogP contribution in [0, 0.1) is 0 Å². The number of carbonyl (C=O) groups is 1. The molecular formula is C11H7Cl2NO2. The Kier molecular flexibility index (Phi) is 2.99. The highest BCUT2D eigenvalue weighted by atomic mass is 35.5. The first-order valence-corrected chi connectivity index (χ1v) is 5.22. The van der Waals surface area contributed by atoms with Crippen LogP contribution in [0.1, 0.15) is 10.5 Å². The van der Waals surface area contributed by atoms with Gasteiger partial charge in [-0.15, -0.1) is 0 Å². The van der Waals surface area contributed by atoms with Crippen molar-refractivity contribution in [1.82, 2.24) is 4.98 Å². The third-order valence-electron chi connectivity index (χ3n) is 2.15. The molecule has 0 aliphatic heterocycles. The number of hydrogen-bond acceptors (Lipinski definition) is 3. The molecule has 0 bridgehead atoms. The van der Waals surface area contributed by atoms with Crippen molar-refractivity contribution in [3.05, 3.63) is 40.0 Å². The van der Waals surface area contributed by atoms with Crippen LogP contribution in [-0.2, 0) is 4.74 Å². The first-order valence-electron chi connectivity index (χ1n) is 4.46. The molecule has 0 saturated carbocycles. The lowest BCUT2D eigenvalue weighted by Gasteiger charge is -2.04. The van der Waals surface area contributed by atoms with Crippen molar-refractivity contribution < 1.29 is 9.53 Å². The molecule has 1 heterocycles. The van der Waals surface area contributed by atoms with Gasteiger partial charge in [-0.3, -0.25) is 0 Å². The van der Waals surface area contributed by atoms with Crippen LogP contribution >= 0.6 is 23.2 Å². The lowest BCUT2D eigenvalue weighted by Crippen LogP contribution is -2.04. The Hall–Kier alpha value is -1.32. The Morgan fingerprint density at radius 2 is 1.88 bits per heavy atom. The quantitative estimate of drug-likeness (QED) is 0.734. The third-order valence-corrected chi connectivity index (χ3v) is 2.78. The van der Waals surface area contributed by atoms with Crippen molar-refractivity contribution in [2.24, 2.45) is 0 Å². The summed E-state index contributed by atoms with van der Waals surface area (Å²) in [6.07, 6.45) is 0. The van der Waals surface area contributed by atoms with Crippen LogP contribution in [0.5, 0.6) is 0 Å². The number of benzene rings is 1. The first kappa shape index (κ1) is 11.2. The number of nitrogens with zero attached hydrogens (tertiary/aromatic N) is 1. The summed E-state index contributed by atoms with van der Waals surface area (Å²) in [6.45, 7) is 0. The number of halogens is 2. The highest BCUT2D eigenvalue weighted by Crippen LogP contribution is 2.28. The summed E-state index contributed by atoms with van der Waals surface area (Å²) in [5, 5.41) is 1.70. The molecule has 2 rings (SSSR count). The maximum atomic E-state index is 11.3. The van der Waals surface area contributed by atoms with Gasteiger partial charge in [-0.05, 0) is 24.3 Å². The molecule has 2 aromatic rings. The number of rotatable bonds is 1. The summed E-state index contributed by atoms with van der Waals surface area (Å²) in [7, 11) is 1.30. The van der Waals surface area contributed by atoms with Crippen molar-refractivity contribution in [2.75, 3.05) is 7.11 Å². The van der Waals surface area contributed by atoms with Gasteiger partial charge in [0.15, 0.2) is 0 Å². The number of fused-ring (bicyclic) bond motifs is 1. The molecule has 0 atom stereocenters. The van der Waals surface area contributed by atoms with E-state index >= 15 is 0 Å². The number of carbonyl (C=O) groups excluding carboxylic acids is 1. The van der Waals surface area contributed by atoms with Crippen molar-refractivity contribution in [3.63, 3.8) is 0 Å². The minimum absolute atomic E-state index is 0.208. The fraction of sp³-hybridized carbons (Fsp3) is 0.0909. The zero-order valence-electron chi connectivity index (χ0n) is 8.33. The molecule has 0 amide bonds. The third kappa shape index (κ3) is 1.84. The van der Waals surface area contributed by atoms with E-state index in [0.717, 1.165) is 0 Å². The Balaban J connectivity index is 2.70. The van der Waals surface area contributed by atoms with Gasteiger partial charge in [0.25, 0.3) is 0 Å². The van der Waals surface area contributed by atoms with E-state index in [-0.39, 0.29) is 5.69 Å².